The number of piperidine rings is 1. The number of amides is 1. The summed E-state index contributed by atoms with van der Waals surface area (Å²) in [6, 6.07) is 5.21. The van der Waals surface area contributed by atoms with Crippen LogP contribution in [-0.2, 0) is 0 Å². The second kappa shape index (κ2) is 7.61. The molecule has 1 aromatic carbocycles. The molecule has 2 unspecified atom stereocenters. The van der Waals surface area contributed by atoms with E-state index in [1.54, 1.807) is 32.4 Å². The van der Waals surface area contributed by atoms with Gasteiger partial charge in [0, 0.05) is 31.3 Å². The fourth-order valence-electron chi connectivity index (χ4n) is 4.22. The predicted molar refractivity (Wildman–Crippen MR) is 101 cm³/mol. The molecule has 8 heteroatoms. The van der Waals surface area contributed by atoms with Gasteiger partial charge in [-0.15, -0.1) is 0 Å². The summed E-state index contributed by atoms with van der Waals surface area (Å²) in [6.07, 6.45) is 4.38. The number of ether oxygens (including phenoxy) is 2. The number of aromatic nitrogens is 2. The van der Waals surface area contributed by atoms with Crippen LogP contribution < -0.4 is 14.4 Å². The summed E-state index contributed by atoms with van der Waals surface area (Å²) < 4.78 is 24.7. The molecule has 0 spiro atoms. The number of hydrogen-bond donors (Lipinski definition) is 0. The summed E-state index contributed by atoms with van der Waals surface area (Å²) in [5.74, 6) is 1.37. The number of anilines is 1. The molecule has 2 saturated heterocycles. The number of benzene rings is 1. The van der Waals surface area contributed by atoms with E-state index in [9.17, 15) is 9.18 Å². The Morgan fingerprint density at radius 3 is 2.54 bits per heavy atom. The first kappa shape index (κ1) is 18.5. The Bertz CT molecular complexity index is 856. The summed E-state index contributed by atoms with van der Waals surface area (Å²) in [5.41, 5.74) is 0.530. The second-order valence-electron chi connectivity index (χ2n) is 7.14. The molecule has 28 heavy (non-hydrogen) atoms. The molecule has 2 aliphatic heterocycles. The van der Waals surface area contributed by atoms with Crippen molar-refractivity contribution >= 4 is 11.7 Å². The van der Waals surface area contributed by atoms with E-state index >= 15 is 0 Å². The zero-order valence-electron chi connectivity index (χ0n) is 16.0. The van der Waals surface area contributed by atoms with Gasteiger partial charge in [-0.2, -0.15) is 0 Å². The van der Waals surface area contributed by atoms with Crippen molar-refractivity contribution in [3.63, 3.8) is 0 Å². The van der Waals surface area contributed by atoms with E-state index in [0.29, 0.717) is 41.9 Å². The van der Waals surface area contributed by atoms with Crippen LogP contribution >= 0.6 is 0 Å². The first-order valence-electron chi connectivity index (χ1n) is 9.35. The van der Waals surface area contributed by atoms with Crippen LogP contribution in [0.4, 0.5) is 10.2 Å². The van der Waals surface area contributed by atoms with Crippen LogP contribution in [0, 0.1) is 11.7 Å². The smallest absolute Gasteiger partial charge is 0.254 e. The van der Waals surface area contributed by atoms with Crippen molar-refractivity contribution in [1.82, 2.24) is 14.9 Å². The van der Waals surface area contributed by atoms with Crippen LogP contribution in [0.2, 0.25) is 0 Å². The highest BCUT2D eigenvalue weighted by Crippen LogP contribution is 2.35. The Labute approximate surface area is 163 Å². The van der Waals surface area contributed by atoms with Crippen LogP contribution in [0.5, 0.6) is 11.5 Å². The third-order valence-corrected chi connectivity index (χ3v) is 5.67. The highest BCUT2D eigenvalue weighted by Gasteiger charge is 2.41. The van der Waals surface area contributed by atoms with Gasteiger partial charge in [0.2, 0.25) is 0 Å². The van der Waals surface area contributed by atoms with Crippen LogP contribution in [0.15, 0.2) is 30.7 Å². The first-order valence-corrected chi connectivity index (χ1v) is 9.35. The van der Waals surface area contributed by atoms with E-state index in [4.69, 9.17) is 9.47 Å². The van der Waals surface area contributed by atoms with Gasteiger partial charge in [-0.05, 0) is 30.9 Å². The van der Waals surface area contributed by atoms with Gasteiger partial charge >= 0.3 is 0 Å². The molecular weight excluding hydrogens is 363 g/mol. The third-order valence-electron chi connectivity index (χ3n) is 5.67. The van der Waals surface area contributed by atoms with E-state index in [1.165, 1.54) is 12.5 Å². The molecule has 0 N–H and O–H groups in total. The molecule has 7 nitrogen and oxygen atoms in total. The molecule has 1 aromatic heterocycles. The average molecular weight is 386 g/mol. The predicted octanol–water partition coefficient (Wildman–Crippen LogP) is 2.37. The molecule has 148 valence electrons. The molecule has 1 amide bonds. The summed E-state index contributed by atoms with van der Waals surface area (Å²) >= 11 is 0. The van der Waals surface area contributed by atoms with Gasteiger partial charge < -0.3 is 19.3 Å². The minimum Gasteiger partial charge on any atom is -0.497 e. The first-order chi connectivity index (χ1) is 13.6. The normalized spacial score (nSPS) is 21.4. The lowest BCUT2D eigenvalue weighted by molar-refractivity contribution is 0.0711. The summed E-state index contributed by atoms with van der Waals surface area (Å²) in [7, 11) is 3.12. The van der Waals surface area contributed by atoms with Gasteiger partial charge in [-0.3, -0.25) is 4.79 Å². The fraction of sp³-hybridized carbons (Fsp3) is 0.450. The fourth-order valence-corrected chi connectivity index (χ4v) is 4.22. The quantitative estimate of drug-likeness (QED) is 0.804. The SMILES string of the molecule is COc1cc(OC)cc(C(=O)N2CCC3CCN(c4ncncc4F)CC32)c1. The zero-order valence-corrected chi connectivity index (χ0v) is 16.0. The largest absolute Gasteiger partial charge is 0.497 e. The average Bonchev–Trinajstić information content (AvgIpc) is 3.16. The van der Waals surface area contributed by atoms with E-state index < -0.39 is 5.82 Å². The van der Waals surface area contributed by atoms with E-state index in [1.807, 2.05) is 9.80 Å². The van der Waals surface area contributed by atoms with Crippen molar-refractivity contribution in [2.24, 2.45) is 5.92 Å². The highest BCUT2D eigenvalue weighted by molar-refractivity contribution is 5.95. The second-order valence-corrected chi connectivity index (χ2v) is 7.14. The van der Waals surface area contributed by atoms with Gasteiger partial charge in [-0.25, -0.2) is 14.4 Å². The van der Waals surface area contributed by atoms with E-state index in [-0.39, 0.29) is 11.9 Å². The maximum Gasteiger partial charge on any atom is 0.254 e. The maximum absolute atomic E-state index is 14.1. The molecule has 2 aromatic rings. The third kappa shape index (κ3) is 3.34. The number of nitrogens with zero attached hydrogens (tertiary/aromatic N) is 4. The number of hydrogen-bond acceptors (Lipinski definition) is 6. The number of methoxy groups -OCH3 is 2. The molecule has 0 bridgehead atoms. The molecule has 0 aliphatic carbocycles. The highest BCUT2D eigenvalue weighted by atomic mass is 19.1. The standard InChI is InChI=1S/C20H23FN4O3/c1-27-15-7-14(8-16(9-15)28-2)20(26)25-6-4-13-3-5-24(11-18(13)25)19-17(21)10-22-12-23-19/h7-10,12-13,18H,3-6,11H2,1-2H3. The molecule has 0 saturated carbocycles. The molecular formula is C20H23FN4O3. The Morgan fingerprint density at radius 2 is 1.86 bits per heavy atom. The van der Waals surface area contributed by atoms with Crippen molar-refractivity contribution in [3.05, 3.63) is 42.1 Å². The van der Waals surface area contributed by atoms with Crippen LogP contribution in [-0.4, -0.2) is 60.7 Å². The van der Waals surface area contributed by atoms with Gasteiger partial charge in [0.25, 0.3) is 5.91 Å². The Morgan fingerprint density at radius 1 is 1.14 bits per heavy atom. The topological polar surface area (TPSA) is 67.8 Å². The number of rotatable bonds is 4. The van der Waals surface area contributed by atoms with Gasteiger partial charge in [0.05, 0.1) is 26.5 Å². The lowest BCUT2D eigenvalue weighted by Crippen LogP contribution is -2.50. The van der Waals surface area contributed by atoms with Crippen LogP contribution in [0.1, 0.15) is 23.2 Å². The van der Waals surface area contributed by atoms with Crippen LogP contribution in [0.3, 0.4) is 0 Å². The van der Waals surface area contributed by atoms with Crippen molar-refractivity contribution < 1.29 is 18.7 Å². The van der Waals surface area contributed by atoms with Crippen molar-refractivity contribution in [1.29, 1.82) is 0 Å². The number of fused-ring (bicyclic) bond motifs is 1. The molecule has 0 radical (unpaired) electrons. The monoisotopic (exact) mass is 386 g/mol. The van der Waals surface area contributed by atoms with Crippen molar-refractivity contribution in [2.75, 3.05) is 38.8 Å². The number of likely N-dealkylation sites (tertiary alicyclic amines) is 1. The van der Waals surface area contributed by atoms with E-state index in [2.05, 4.69) is 9.97 Å². The number of carbonyl (C=O) groups is 1. The molecule has 2 atom stereocenters. The minimum absolute atomic E-state index is 0.0211. The maximum atomic E-state index is 14.1. The van der Waals surface area contributed by atoms with Gasteiger partial charge in [-0.1, -0.05) is 0 Å². The summed E-state index contributed by atoms with van der Waals surface area (Å²) in [5, 5.41) is 0. The number of halogens is 1. The van der Waals surface area contributed by atoms with Crippen molar-refractivity contribution in [3.8, 4) is 11.5 Å². The Kier molecular flexibility index (Phi) is 5.02. The van der Waals surface area contributed by atoms with Gasteiger partial charge in [0.15, 0.2) is 11.6 Å². The van der Waals surface area contributed by atoms with Crippen LogP contribution in [0.25, 0.3) is 0 Å². The molecule has 2 fully saturated rings. The zero-order chi connectivity index (χ0) is 19.7. The lowest BCUT2D eigenvalue weighted by Gasteiger charge is -2.39. The van der Waals surface area contributed by atoms with Gasteiger partial charge in [0.1, 0.15) is 17.8 Å². The molecule has 2 aliphatic rings. The molecule has 4 rings (SSSR count). The minimum atomic E-state index is -0.436. The van der Waals surface area contributed by atoms with Crippen molar-refractivity contribution in [2.45, 2.75) is 18.9 Å². The Balaban J connectivity index is 1.57. The summed E-state index contributed by atoms with van der Waals surface area (Å²) in [6.45, 7) is 1.98. The molecule has 3 heterocycles. The lowest BCUT2D eigenvalue weighted by atomic mass is 9.92. The van der Waals surface area contributed by atoms with E-state index in [0.717, 1.165) is 19.4 Å². The summed E-state index contributed by atoms with van der Waals surface area (Å²) in [4.78, 5) is 24.9. The number of carbonyl (C=O) groups excluding carboxylic acids is 1. The Hall–Kier alpha value is -2.90.